The largest absolute Gasteiger partial charge is 0.303 e. The number of carbonyl (C=O) groups excluding carboxylic acids is 2. The fraction of sp³-hybridized carbons (Fsp3) is 0.130. The molecule has 0 aromatic heterocycles. The van der Waals surface area contributed by atoms with Crippen LogP contribution in [0.25, 0.3) is 0 Å². The number of nitrogens with zero attached hydrogens (tertiary/aromatic N) is 1. The normalized spacial score (nSPS) is 15.3. The number of amides is 1. The maximum Gasteiger partial charge on any atom is 0.258 e. The van der Waals surface area contributed by atoms with Crippen molar-refractivity contribution in [2.24, 2.45) is 0 Å². The molecule has 0 fully saturated rings. The van der Waals surface area contributed by atoms with Gasteiger partial charge in [-0.25, -0.2) is 0 Å². The van der Waals surface area contributed by atoms with E-state index in [1.807, 2.05) is 66.7 Å². The van der Waals surface area contributed by atoms with E-state index in [0.717, 1.165) is 40.8 Å². The van der Waals surface area contributed by atoms with Gasteiger partial charge >= 0.3 is 0 Å². The van der Waals surface area contributed by atoms with Gasteiger partial charge in [0.05, 0.1) is 12.2 Å². The van der Waals surface area contributed by atoms with Gasteiger partial charge in [0.25, 0.3) is 5.91 Å². The highest BCUT2D eigenvalue weighted by atomic mass is 16.2. The summed E-state index contributed by atoms with van der Waals surface area (Å²) >= 11 is 0. The number of hydrogen-bond donors (Lipinski definition) is 0. The van der Waals surface area contributed by atoms with Crippen molar-refractivity contribution in [3.05, 3.63) is 100 Å². The van der Waals surface area contributed by atoms with Crippen LogP contribution in [0.3, 0.4) is 0 Å². The highest BCUT2D eigenvalue weighted by Crippen LogP contribution is 2.37. The molecular formula is C23H17NO2. The first kappa shape index (κ1) is 15.1. The molecule has 0 bridgehead atoms. The van der Waals surface area contributed by atoms with E-state index in [1.54, 1.807) is 4.90 Å². The number of benzene rings is 3. The van der Waals surface area contributed by atoms with Gasteiger partial charge in [-0.05, 0) is 41.7 Å². The summed E-state index contributed by atoms with van der Waals surface area (Å²) in [6, 6.07) is 21.2. The van der Waals surface area contributed by atoms with Crippen molar-refractivity contribution < 1.29 is 9.59 Å². The predicted octanol–water partition coefficient (Wildman–Crippen LogP) is 4.18. The number of ketones is 1. The summed E-state index contributed by atoms with van der Waals surface area (Å²) in [5.74, 6) is -0.0277. The Kier molecular flexibility index (Phi) is 3.29. The van der Waals surface area contributed by atoms with Gasteiger partial charge in [0.2, 0.25) is 0 Å². The molecule has 26 heavy (non-hydrogen) atoms. The fourth-order valence-electron chi connectivity index (χ4n) is 4.10. The second kappa shape index (κ2) is 5.67. The van der Waals surface area contributed by atoms with Gasteiger partial charge in [0.15, 0.2) is 5.78 Å². The second-order valence-corrected chi connectivity index (χ2v) is 6.85. The van der Waals surface area contributed by atoms with Gasteiger partial charge in [0.1, 0.15) is 0 Å². The number of rotatable bonds is 0. The van der Waals surface area contributed by atoms with Crippen LogP contribution in [0.15, 0.2) is 66.7 Å². The molecule has 0 aliphatic carbocycles. The maximum atomic E-state index is 13.5. The first-order valence-corrected chi connectivity index (χ1v) is 8.88. The average molecular weight is 339 g/mol. The number of anilines is 1. The molecule has 1 amide bonds. The average Bonchev–Trinajstić information content (AvgIpc) is 2.81. The summed E-state index contributed by atoms with van der Waals surface area (Å²) in [4.78, 5) is 28.4. The highest BCUT2D eigenvalue weighted by molar-refractivity contribution is 6.18. The van der Waals surface area contributed by atoms with Crippen LogP contribution in [-0.2, 0) is 19.4 Å². The molecule has 0 unspecified atom stereocenters. The highest BCUT2D eigenvalue weighted by Gasteiger charge is 2.32. The molecule has 3 aromatic rings. The third kappa shape index (κ3) is 2.14. The van der Waals surface area contributed by atoms with Crippen molar-refractivity contribution in [1.29, 1.82) is 0 Å². The minimum Gasteiger partial charge on any atom is -0.303 e. The van der Waals surface area contributed by atoms with Crippen LogP contribution in [-0.4, -0.2) is 11.7 Å². The van der Waals surface area contributed by atoms with E-state index in [4.69, 9.17) is 0 Å². The van der Waals surface area contributed by atoms with Crippen LogP contribution in [0.1, 0.15) is 43.0 Å². The zero-order valence-electron chi connectivity index (χ0n) is 14.2. The van der Waals surface area contributed by atoms with Gasteiger partial charge in [-0.15, -0.1) is 0 Å². The Morgan fingerprint density at radius 3 is 2.08 bits per heavy atom. The van der Waals surface area contributed by atoms with Crippen LogP contribution in [0.5, 0.6) is 0 Å². The van der Waals surface area contributed by atoms with Gasteiger partial charge in [-0.1, -0.05) is 54.6 Å². The molecule has 2 aliphatic heterocycles. The van der Waals surface area contributed by atoms with E-state index in [2.05, 4.69) is 0 Å². The van der Waals surface area contributed by atoms with Crippen LogP contribution in [0, 0.1) is 0 Å². The van der Waals surface area contributed by atoms with Crippen LogP contribution in [0.2, 0.25) is 0 Å². The SMILES string of the molecule is O=C1c2ccccc2CN2C(=O)c3ccccc3CCc3cccc1c32. The molecule has 5 rings (SSSR count). The van der Waals surface area contributed by atoms with Gasteiger partial charge < -0.3 is 4.90 Å². The van der Waals surface area contributed by atoms with Crippen molar-refractivity contribution in [3.63, 3.8) is 0 Å². The molecular weight excluding hydrogens is 322 g/mol. The third-order valence-corrected chi connectivity index (χ3v) is 5.38. The van der Waals surface area contributed by atoms with Crippen molar-refractivity contribution in [2.75, 3.05) is 4.90 Å². The predicted molar refractivity (Wildman–Crippen MR) is 101 cm³/mol. The van der Waals surface area contributed by atoms with Crippen molar-refractivity contribution in [2.45, 2.75) is 19.4 Å². The number of hydrogen-bond acceptors (Lipinski definition) is 2. The minimum atomic E-state index is -0.0292. The molecule has 3 aromatic carbocycles. The van der Waals surface area contributed by atoms with E-state index < -0.39 is 0 Å². The third-order valence-electron chi connectivity index (χ3n) is 5.38. The molecule has 2 heterocycles. The van der Waals surface area contributed by atoms with Crippen molar-refractivity contribution in [1.82, 2.24) is 0 Å². The minimum absolute atomic E-state index is 0.00149. The Balaban J connectivity index is 1.80. The zero-order valence-corrected chi connectivity index (χ0v) is 14.2. The molecule has 0 saturated carbocycles. The van der Waals surface area contributed by atoms with Gasteiger partial charge in [-0.2, -0.15) is 0 Å². The molecule has 3 nitrogen and oxygen atoms in total. The Bertz CT molecular complexity index is 1070. The first-order valence-electron chi connectivity index (χ1n) is 8.88. The van der Waals surface area contributed by atoms with Crippen LogP contribution in [0.4, 0.5) is 5.69 Å². The topological polar surface area (TPSA) is 37.4 Å². The quantitative estimate of drug-likeness (QED) is 0.616. The molecule has 0 atom stereocenters. The van der Waals surface area contributed by atoms with Crippen molar-refractivity contribution >= 4 is 17.4 Å². The lowest BCUT2D eigenvalue weighted by Crippen LogP contribution is -2.33. The number of carbonyl (C=O) groups is 2. The monoisotopic (exact) mass is 339 g/mol. The molecule has 0 N–H and O–H groups in total. The summed E-state index contributed by atoms with van der Waals surface area (Å²) in [5.41, 5.74) is 5.86. The lowest BCUT2D eigenvalue weighted by molar-refractivity contribution is 0.0983. The summed E-state index contributed by atoms with van der Waals surface area (Å²) in [6.45, 7) is 0.416. The van der Waals surface area contributed by atoms with E-state index in [-0.39, 0.29) is 11.7 Å². The molecule has 3 heteroatoms. The maximum absolute atomic E-state index is 13.5. The molecule has 0 spiro atoms. The Hall–Kier alpha value is -3.20. The Labute approximate surface area is 151 Å². The molecule has 2 aliphatic rings. The standard InChI is InChI=1S/C23H17NO2/c25-22-18-9-3-2-7-17(18)14-24-21-16(8-5-11-20(21)22)13-12-15-6-1-4-10-19(15)23(24)26/h1-11H,12-14H2. The van der Waals surface area contributed by atoms with E-state index in [1.165, 1.54) is 0 Å². The smallest absolute Gasteiger partial charge is 0.258 e. The molecule has 0 radical (unpaired) electrons. The second-order valence-electron chi connectivity index (χ2n) is 6.85. The molecule has 0 saturated heterocycles. The summed E-state index contributed by atoms with van der Waals surface area (Å²) < 4.78 is 0. The van der Waals surface area contributed by atoms with Crippen LogP contribution >= 0.6 is 0 Å². The Morgan fingerprint density at radius 2 is 1.23 bits per heavy atom. The number of aryl methyl sites for hydroxylation is 2. The van der Waals surface area contributed by atoms with Crippen molar-refractivity contribution in [3.8, 4) is 0 Å². The fourth-order valence-corrected chi connectivity index (χ4v) is 4.10. The van der Waals surface area contributed by atoms with E-state index in [0.29, 0.717) is 17.7 Å². The zero-order chi connectivity index (χ0) is 17.7. The van der Waals surface area contributed by atoms with E-state index >= 15 is 0 Å². The summed E-state index contributed by atoms with van der Waals surface area (Å²) in [5, 5.41) is 0. The van der Waals surface area contributed by atoms with E-state index in [9.17, 15) is 9.59 Å². The van der Waals surface area contributed by atoms with Gasteiger partial charge in [0, 0.05) is 16.7 Å². The van der Waals surface area contributed by atoms with Gasteiger partial charge in [-0.3, -0.25) is 9.59 Å². The lowest BCUT2D eigenvalue weighted by Gasteiger charge is -2.28. The Morgan fingerprint density at radius 1 is 0.615 bits per heavy atom. The number of fused-ring (bicyclic) bond motifs is 2. The summed E-state index contributed by atoms with van der Waals surface area (Å²) in [7, 11) is 0. The first-order chi connectivity index (χ1) is 12.7. The van der Waals surface area contributed by atoms with Crippen LogP contribution < -0.4 is 4.90 Å². The molecule has 126 valence electrons. The summed E-state index contributed by atoms with van der Waals surface area (Å²) in [6.07, 6.45) is 1.61. The number of para-hydroxylation sites is 1. The lowest BCUT2D eigenvalue weighted by atomic mass is 9.92.